The molecule has 0 aromatic heterocycles. The van der Waals surface area contributed by atoms with E-state index in [9.17, 15) is 9.18 Å². The Labute approximate surface area is 114 Å². The van der Waals surface area contributed by atoms with Crippen molar-refractivity contribution in [3.05, 3.63) is 69.4 Å². The smallest absolute Gasteiger partial charge is 0.194 e. The first-order valence-corrected chi connectivity index (χ1v) is 6.50. The fourth-order valence-electron chi connectivity index (χ4n) is 1.72. The normalized spacial score (nSPS) is 10.4. The number of rotatable bonds is 3. The van der Waals surface area contributed by atoms with E-state index in [1.54, 1.807) is 12.1 Å². The minimum Gasteiger partial charge on any atom is -0.289 e. The van der Waals surface area contributed by atoms with Gasteiger partial charge in [-0.2, -0.15) is 0 Å². The van der Waals surface area contributed by atoms with Crippen molar-refractivity contribution in [1.82, 2.24) is 0 Å². The molecule has 0 saturated carbocycles. The molecule has 92 valence electrons. The summed E-state index contributed by atoms with van der Waals surface area (Å²) in [6, 6.07) is 11.6. The van der Waals surface area contributed by atoms with Crippen molar-refractivity contribution in [1.29, 1.82) is 0 Å². The summed E-state index contributed by atoms with van der Waals surface area (Å²) in [6.07, 6.45) is 0.939. The van der Waals surface area contributed by atoms with E-state index in [4.69, 9.17) is 0 Å². The van der Waals surface area contributed by atoms with Gasteiger partial charge in [-0.15, -0.1) is 0 Å². The number of ketones is 1. The Kier molecular flexibility index (Phi) is 3.92. The van der Waals surface area contributed by atoms with Crippen molar-refractivity contribution in [3.63, 3.8) is 0 Å². The highest BCUT2D eigenvalue weighted by Crippen LogP contribution is 2.21. The van der Waals surface area contributed by atoms with Crippen LogP contribution in [0.4, 0.5) is 4.39 Å². The number of aryl methyl sites for hydroxylation is 1. The Balaban J connectivity index is 2.35. The maximum Gasteiger partial charge on any atom is 0.194 e. The highest BCUT2D eigenvalue weighted by molar-refractivity contribution is 9.10. The average Bonchev–Trinajstić information content (AvgIpc) is 2.38. The van der Waals surface area contributed by atoms with Crippen molar-refractivity contribution in [3.8, 4) is 0 Å². The van der Waals surface area contributed by atoms with E-state index < -0.39 is 0 Å². The summed E-state index contributed by atoms with van der Waals surface area (Å²) in [5.41, 5.74) is 2.27. The van der Waals surface area contributed by atoms with Gasteiger partial charge in [0.2, 0.25) is 0 Å². The fraction of sp³-hybridized carbons (Fsp3) is 0.133. The predicted octanol–water partition coefficient (Wildman–Crippen LogP) is 4.38. The van der Waals surface area contributed by atoms with Crippen molar-refractivity contribution in [2.75, 3.05) is 0 Å². The first-order valence-electron chi connectivity index (χ1n) is 5.70. The van der Waals surface area contributed by atoms with Crippen LogP contribution in [0.5, 0.6) is 0 Å². The number of carbonyl (C=O) groups excluding carboxylic acids is 1. The van der Waals surface area contributed by atoms with E-state index in [2.05, 4.69) is 22.9 Å². The minimum atomic E-state index is -0.361. The summed E-state index contributed by atoms with van der Waals surface area (Å²) >= 11 is 3.21. The molecule has 0 atom stereocenters. The first kappa shape index (κ1) is 13.0. The Hall–Kier alpha value is -1.48. The summed E-state index contributed by atoms with van der Waals surface area (Å²) in [4.78, 5) is 12.2. The Morgan fingerprint density at radius 2 is 1.83 bits per heavy atom. The fourth-order valence-corrected chi connectivity index (χ4v) is 2.25. The lowest BCUT2D eigenvalue weighted by Crippen LogP contribution is -2.02. The molecule has 0 heterocycles. The van der Waals surface area contributed by atoms with Crippen LogP contribution in [-0.4, -0.2) is 5.78 Å². The van der Waals surface area contributed by atoms with Crippen LogP contribution in [0, 0.1) is 5.82 Å². The van der Waals surface area contributed by atoms with Crippen LogP contribution in [0.25, 0.3) is 0 Å². The molecule has 0 saturated heterocycles. The third kappa shape index (κ3) is 2.67. The molecule has 2 rings (SSSR count). The Morgan fingerprint density at radius 1 is 1.17 bits per heavy atom. The summed E-state index contributed by atoms with van der Waals surface area (Å²) < 4.78 is 13.4. The Morgan fingerprint density at radius 3 is 2.39 bits per heavy atom. The third-order valence-electron chi connectivity index (χ3n) is 2.80. The van der Waals surface area contributed by atoms with Gasteiger partial charge in [0.25, 0.3) is 0 Å². The molecule has 0 unspecified atom stereocenters. The minimum absolute atomic E-state index is 0.107. The monoisotopic (exact) mass is 306 g/mol. The van der Waals surface area contributed by atoms with Gasteiger partial charge in [0.15, 0.2) is 5.78 Å². The summed E-state index contributed by atoms with van der Waals surface area (Å²) in [6.45, 7) is 2.06. The molecule has 2 aromatic carbocycles. The van der Waals surface area contributed by atoms with Gasteiger partial charge < -0.3 is 0 Å². The van der Waals surface area contributed by atoms with E-state index in [1.165, 1.54) is 23.8 Å². The molecule has 18 heavy (non-hydrogen) atoms. The molecule has 0 fully saturated rings. The maximum absolute atomic E-state index is 13.0. The molecular formula is C15H12BrFO. The first-order chi connectivity index (χ1) is 8.61. The van der Waals surface area contributed by atoms with Crippen molar-refractivity contribution in [2.24, 2.45) is 0 Å². The number of halogens is 2. The molecule has 3 heteroatoms. The average molecular weight is 307 g/mol. The van der Waals surface area contributed by atoms with E-state index in [0.29, 0.717) is 15.6 Å². The topological polar surface area (TPSA) is 17.1 Å². The van der Waals surface area contributed by atoms with E-state index >= 15 is 0 Å². The van der Waals surface area contributed by atoms with E-state index in [0.717, 1.165) is 6.42 Å². The van der Waals surface area contributed by atoms with E-state index in [-0.39, 0.29) is 11.6 Å². The summed E-state index contributed by atoms with van der Waals surface area (Å²) in [5.74, 6) is -0.468. The third-order valence-corrected chi connectivity index (χ3v) is 3.46. The highest BCUT2D eigenvalue weighted by Gasteiger charge is 2.12. The summed E-state index contributed by atoms with van der Waals surface area (Å²) in [7, 11) is 0. The van der Waals surface area contributed by atoms with Gasteiger partial charge in [-0.25, -0.2) is 4.39 Å². The van der Waals surface area contributed by atoms with Crippen LogP contribution >= 0.6 is 15.9 Å². The van der Waals surface area contributed by atoms with Gasteiger partial charge >= 0.3 is 0 Å². The predicted molar refractivity (Wildman–Crippen MR) is 73.4 cm³/mol. The molecule has 0 aliphatic rings. The second kappa shape index (κ2) is 5.44. The Bertz CT molecular complexity index is 576. The van der Waals surface area contributed by atoms with E-state index in [1.807, 2.05) is 12.1 Å². The standard InChI is InChI=1S/C15H12BrFO/c1-2-10-3-5-11(6-4-10)15(18)13-8-7-12(17)9-14(13)16/h3-9H,2H2,1H3. The number of hydrogen-bond donors (Lipinski definition) is 0. The van der Waals surface area contributed by atoms with Gasteiger partial charge in [-0.3, -0.25) is 4.79 Å². The maximum atomic E-state index is 13.0. The largest absolute Gasteiger partial charge is 0.289 e. The zero-order valence-electron chi connectivity index (χ0n) is 9.91. The lowest BCUT2D eigenvalue weighted by atomic mass is 10.0. The molecule has 2 aromatic rings. The molecule has 0 spiro atoms. The number of carbonyl (C=O) groups is 1. The van der Waals surface area contributed by atoms with Crippen LogP contribution in [0.3, 0.4) is 0 Å². The zero-order chi connectivity index (χ0) is 13.1. The van der Waals surface area contributed by atoms with Crippen molar-refractivity contribution in [2.45, 2.75) is 13.3 Å². The van der Waals surface area contributed by atoms with Crippen molar-refractivity contribution < 1.29 is 9.18 Å². The second-order valence-electron chi connectivity index (χ2n) is 4.00. The number of hydrogen-bond acceptors (Lipinski definition) is 1. The molecule has 0 N–H and O–H groups in total. The molecule has 0 bridgehead atoms. The SMILES string of the molecule is CCc1ccc(C(=O)c2ccc(F)cc2Br)cc1. The van der Waals surface area contributed by atoms with Gasteiger partial charge in [-0.1, -0.05) is 31.2 Å². The second-order valence-corrected chi connectivity index (χ2v) is 4.86. The molecule has 1 nitrogen and oxygen atoms in total. The van der Waals surface area contributed by atoms with Gasteiger partial charge in [0.1, 0.15) is 5.82 Å². The van der Waals surface area contributed by atoms with Crippen LogP contribution in [-0.2, 0) is 6.42 Å². The number of benzene rings is 2. The lowest BCUT2D eigenvalue weighted by Gasteiger charge is -2.05. The zero-order valence-corrected chi connectivity index (χ0v) is 11.5. The van der Waals surface area contributed by atoms with Crippen LogP contribution in [0.1, 0.15) is 28.4 Å². The molecule has 0 aliphatic carbocycles. The van der Waals surface area contributed by atoms with Gasteiger partial charge in [0.05, 0.1) is 0 Å². The van der Waals surface area contributed by atoms with Gasteiger partial charge in [0, 0.05) is 15.6 Å². The van der Waals surface area contributed by atoms with Crippen LogP contribution in [0.15, 0.2) is 46.9 Å². The van der Waals surface area contributed by atoms with Crippen molar-refractivity contribution >= 4 is 21.7 Å². The summed E-state index contributed by atoms with van der Waals surface area (Å²) in [5, 5.41) is 0. The molecule has 0 radical (unpaired) electrons. The highest BCUT2D eigenvalue weighted by atomic mass is 79.9. The van der Waals surface area contributed by atoms with Crippen LogP contribution < -0.4 is 0 Å². The van der Waals surface area contributed by atoms with Gasteiger partial charge in [-0.05, 0) is 46.1 Å². The molecule has 0 aliphatic heterocycles. The molecule has 0 amide bonds. The quantitative estimate of drug-likeness (QED) is 0.769. The van der Waals surface area contributed by atoms with Crippen LogP contribution in [0.2, 0.25) is 0 Å². The lowest BCUT2D eigenvalue weighted by molar-refractivity contribution is 0.103. The molecular weight excluding hydrogens is 295 g/mol.